The Kier molecular flexibility index (Phi) is 4.95. The van der Waals surface area contributed by atoms with Crippen molar-refractivity contribution in [2.24, 2.45) is 11.1 Å². The van der Waals surface area contributed by atoms with Crippen LogP contribution >= 0.6 is 0 Å². The van der Waals surface area contributed by atoms with E-state index in [1.54, 1.807) is 0 Å². The molecule has 4 heteroatoms. The Morgan fingerprint density at radius 1 is 1.54 bits per heavy atom. The van der Waals surface area contributed by atoms with Gasteiger partial charge in [-0.25, -0.2) is 0 Å². The molecule has 0 aliphatic heterocycles. The number of nitrogens with two attached hydrogens (primary N) is 1. The van der Waals surface area contributed by atoms with Gasteiger partial charge in [0.2, 0.25) is 5.91 Å². The SMILES string of the molecule is CC(C)(C)C(CCO)NC(=O)CN. The maximum atomic E-state index is 11.0. The minimum atomic E-state index is -0.173. The molecule has 1 amide bonds. The van der Waals surface area contributed by atoms with E-state index in [9.17, 15) is 4.79 Å². The number of hydrogen-bond donors (Lipinski definition) is 3. The first kappa shape index (κ1) is 12.4. The van der Waals surface area contributed by atoms with Crippen molar-refractivity contribution in [1.29, 1.82) is 0 Å². The summed E-state index contributed by atoms with van der Waals surface area (Å²) in [5, 5.41) is 11.6. The second-order valence-electron chi connectivity index (χ2n) is 4.20. The van der Waals surface area contributed by atoms with Crippen molar-refractivity contribution in [3.8, 4) is 0 Å². The third-order valence-electron chi connectivity index (χ3n) is 1.98. The quantitative estimate of drug-likeness (QED) is 0.574. The van der Waals surface area contributed by atoms with Crippen molar-refractivity contribution >= 4 is 5.91 Å². The summed E-state index contributed by atoms with van der Waals surface area (Å²) in [7, 11) is 0. The zero-order valence-electron chi connectivity index (χ0n) is 8.63. The zero-order valence-corrected chi connectivity index (χ0v) is 8.63. The topological polar surface area (TPSA) is 75.3 Å². The molecule has 0 radical (unpaired) electrons. The first-order chi connectivity index (χ1) is 5.91. The lowest BCUT2D eigenvalue weighted by Gasteiger charge is -2.30. The van der Waals surface area contributed by atoms with Crippen LogP contribution in [0, 0.1) is 5.41 Å². The van der Waals surface area contributed by atoms with E-state index in [1.807, 2.05) is 20.8 Å². The molecule has 0 saturated carbocycles. The number of carbonyl (C=O) groups is 1. The molecule has 0 fully saturated rings. The molecule has 0 aliphatic carbocycles. The monoisotopic (exact) mass is 188 g/mol. The highest BCUT2D eigenvalue weighted by atomic mass is 16.3. The van der Waals surface area contributed by atoms with Gasteiger partial charge in [-0.05, 0) is 11.8 Å². The molecule has 0 aromatic rings. The van der Waals surface area contributed by atoms with Crippen LogP contribution in [-0.4, -0.2) is 30.2 Å². The Morgan fingerprint density at radius 2 is 2.08 bits per heavy atom. The van der Waals surface area contributed by atoms with Crippen LogP contribution in [0.15, 0.2) is 0 Å². The standard InChI is InChI=1S/C9H20N2O2/c1-9(2,3)7(4-5-12)11-8(13)6-10/h7,12H,4-6,10H2,1-3H3,(H,11,13). The Morgan fingerprint density at radius 3 is 2.38 bits per heavy atom. The fourth-order valence-corrected chi connectivity index (χ4v) is 1.10. The van der Waals surface area contributed by atoms with Gasteiger partial charge in [0, 0.05) is 12.6 Å². The normalized spacial score (nSPS) is 13.9. The predicted molar refractivity (Wildman–Crippen MR) is 52.1 cm³/mol. The predicted octanol–water partition coefficient (Wildman–Crippen LogP) is -0.142. The Balaban J connectivity index is 4.18. The average Bonchev–Trinajstić information content (AvgIpc) is 2.01. The highest BCUT2D eigenvalue weighted by Gasteiger charge is 2.24. The lowest BCUT2D eigenvalue weighted by molar-refractivity contribution is -0.121. The molecule has 0 aromatic carbocycles. The second-order valence-corrected chi connectivity index (χ2v) is 4.20. The number of aliphatic hydroxyl groups is 1. The summed E-state index contributed by atoms with van der Waals surface area (Å²) in [4.78, 5) is 11.0. The lowest BCUT2D eigenvalue weighted by atomic mass is 9.85. The summed E-state index contributed by atoms with van der Waals surface area (Å²) in [5.41, 5.74) is 5.14. The van der Waals surface area contributed by atoms with Gasteiger partial charge >= 0.3 is 0 Å². The van der Waals surface area contributed by atoms with Gasteiger partial charge < -0.3 is 16.2 Å². The number of carbonyl (C=O) groups excluding carboxylic acids is 1. The molecular formula is C9H20N2O2. The number of aliphatic hydroxyl groups excluding tert-OH is 1. The van der Waals surface area contributed by atoms with Crippen molar-refractivity contribution in [3.05, 3.63) is 0 Å². The summed E-state index contributed by atoms with van der Waals surface area (Å²) < 4.78 is 0. The fourth-order valence-electron chi connectivity index (χ4n) is 1.10. The van der Waals surface area contributed by atoms with Crippen LogP contribution in [0.1, 0.15) is 27.2 Å². The molecule has 0 aliphatic rings. The van der Waals surface area contributed by atoms with Crippen molar-refractivity contribution in [1.82, 2.24) is 5.32 Å². The Labute approximate surface area is 79.5 Å². The molecule has 1 unspecified atom stereocenters. The summed E-state index contributed by atoms with van der Waals surface area (Å²) >= 11 is 0. The van der Waals surface area contributed by atoms with Crippen LogP contribution in [0.4, 0.5) is 0 Å². The van der Waals surface area contributed by atoms with E-state index >= 15 is 0 Å². The minimum Gasteiger partial charge on any atom is -0.396 e. The molecule has 0 saturated heterocycles. The van der Waals surface area contributed by atoms with Gasteiger partial charge in [-0.1, -0.05) is 20.8 Å². The van der Waals surface area contributed by atoms with E-state index in [2.05, 4.69) is 5.32 Å². The first-order valence-corrected chi connectivity index (χ1v) is 4.52. The maximum absolute atomic E-state index is 11.0. The van der Waals surface area contributed by atoms with Crippen molar-refractivity contribution < 1.29 is 9.90 Å². The summed E-state index contributed by atoms with van der Waals surface area (Å²) in [5.74, 6) is -0.173. The summed E-state index contributed by atoms with van der Waals surface area (Å²) in [6.45, 7) is 6.13. The summed E-state index contributed by atoms with van der Waals surface area (Å²) in [6.07, 6.45) is 0.565. The van der Waals surface area contributed by atoms with Crippen molar-refractivity contribution in [3.63, 3.8) is 0 Å². The second kappa shape index (κ2) is 5.19. The molecular weight excluding hydrogens is 168 g/mol. The third-order valence-corrected chi connectivity index (χ3v) is 1.98. The first-order valence-electron chi connectivity index (χ1n) is 4.52. The molecule has 0 spiro atoms. The van der Waals surface area contributed by atoms with Gasteiger partial charge in [0.1, 0.15) is 0 Å². The third kappa shape index (κ3) is 4.85. The van der Waals surface area contributed by atoms with E-state index in [0.29, 0.717) is 6.42 Å². The van der Waals surface area contributed by atoms with E-state index in [0.717, 1.165) is 0 Å². The number of rotatable bonds is 4. The van der Waals surface area contributed by atoms with Gasteiger partial charge in [-0.15, -0.1) is 0 Å². The zero-order chi connectivity index (χ0) is 10.5. The molecule has 0 heterocycles. The van der Waals surface area contributed by atoms with Crippen LogP contribution < -0.4 is 11.1 Å². The van der Waals surface area contributed by atoms with E-state index in [1.165, 1.54) is 0 Å². The molecule has 13 heavy (non-hydrogen) atoms. The highest BCUT2D eigenvalue weighted by molar-refractivity contribution is 5.78. The highest BCUT2D eigenvalue weighted by Crippen LogP contribution is 2.21. The summed E-state index contributed by atoms with van der Waals surface area (Å²) in [6, 6.07) is -0.0199. The largest absolute Gasteiger partial charge is 0.396 e. The van der Waals surface area contributed by atoms with Crippen LogP contribution in [-0.2, 0) is 4.79 Å². The minimum absolute atomic E-state index is 0.00198. The molecule has 4 nitrogen and oxygen atoms in total. The fraction of sp³-hybridized carbons (Fsp3) is 0.889. The number of nitrogens with one attached hydrogen (secondary N) is 1. The van der Waals surface area contributed by atoms with E-state index < -0.39 is 0 Å². The molecule has 0 bridgehead atoms. The average molecular weight is 188 g/mol. The maximum Gasteiger partial charge on any atom is 0.233 e. The lowest BCUT2D eigenvalue weighted by Crippen LogP contribution is -2.46. The van der Waals surface area contributed by atoms with Crippen molar-refractivity contribution in [2.45, 2.75) is 33.2 Å². The number of hydrogen-bond acceptors (Lipinski definition) is 3. The van der Waals surface area contributed by atoms with Crippen LogP contribution in [0.2, 0.25) is 0 Å². The van der Waals surface area contributed by atoms with Gasteiger partial charge in [0.15, 0.2) is 0 Å². The number of amides is 1. The van der Waals surface area contributed by atoms with Crippen molar-refractivity contribution in [2.75, 3.05) is 13.2 Å². The van der Waals surface area contributed by atoms with Crippen LogP contribution in [0.3, 0.4) is 0 Å². The van der Waals surface area contributed by atoms with Crippen LogP contribution in [0.25, 0.3) is 0 Å². The van der Waals surface area contributed by atoms with Gasteiger partial charge in [-0.3, -0.25) is 4.79 Å². The van der Waals surface area contributed by atoms with Gasteiger partial charge in [0.05, 0.1) is 6.54 Å². The smallest absolute Gasteiger partial charge is 0.233 e. The molecule has 1 atom stereocenters. The van der Waals surface area contributed by atoms with E-state index in [4.69, 9.17) is 10.8 Å². The Hall–Kier alpha value is -0.610. The molecule has 0 aromatic heterocycles. The van der Waals surface area contributed by atoms with E-state index in [-0.39, 0.29) is 30.5 Å². The van der Waals surface area contributed by atoms with Gasteiger partial charge in [-0.2, -0.15) is 0 Å². The molecule has 0 rings (SSSR count). The van der Waals surface area contributed by atoms with Crippen LogP contribution in [0.5, 0.6) is 0 Å². The molecule has 4 N–H and O–H groups in total. The van der Waals surface area contributed by atoms with Gasteiger partial charge in [0.25, 0.3) is 0 Å². The molecule has 78 valence electrons. The Bertz CT molecular complexity index is 163.